The number of ether oxygens (including phenoxy) is 2. The first-order chi connectivity index (χ1) is 6.15. The van der Waals surface area contributed by atoms with Gasteiger partial charge in [0.2, 0.25) is 6.29 Å². The monoisotopic (exact) mass is 190 g/mol. The lowest BCUT2D eigenvalue weighted by Crippen LogP contribution is -2.41. The second-order valence-electron chi connectivity index (χ2n) is 2.53. The van der Waals surface area contributed by atoms with Crippen LogP contribution in [0, 0.1) is 0 Å². The molecule has 13 heavy (non-hydrogen) atoms. The third-order valence-corrected chi connectivity index (χ3v) is 1.56. The third-order valence-electron chi connectivity index (χ3n) is 1.56. The van der Waals surface area contributed by atoms with Gasteiger partial charge in [-0.15, -0.1) is 0 Å². The molecule has 3 N–H and O–H groups in total. The van der Waals surface area contributed by atoms with Gasteiger partial charge in [0.1, 0.15) is 24.6 Å². The smallest absolute Gasteiger partial charge is 0.293 e. The van der Waals surface area contributed by atoms with Gasteiger partial charge in [0.05, 0.1) is 0 Å². The van der Waals surface area contributed by atoms with Crippen LogP contribution in [0.1, 0.15) is 0 Å². The van der Waals surface area contributed by atoms with Crippen molar-refractivity contribution in [3.05, 3.63) is 11.8 Å². The SMILES string of the molecule is O=COCC1=C[C@@H](O)C(O)C(O)O1. The highest BCUT2D eigenvalue weighted by molar-refractivity contribution is 5.37. The molecule has 2 unspecified atom stereocenters. The van der Waals surface area contributed by atoms with Crippen LogP contribution in [0.15, 0.2) is 11.8 Å². The topological polar surface area (TPSA) is 96.2 Å². The predicted octanol–water partition coefficient (Wildman–Crippen LogP) is -1.89. The van der Waals surface area contributed by atoms with Crippen molar-refractivity contribution in [1.82, 2.24) is 0 Å². The van der Waals surface area contributed by atoms with Crippen LogP contribution in [0.4, 0.5) is 0 Å². The van der Waals surface area contributed by atoms with E-state index in [-0.39, 0.29) is 18.8 Å². The molecule has 0 fully saturated rings. The Kier molecular flexibility index (Phi) is 3.24. The van der Waals surface area contributed by atoms with Crippen LogP contribution in [0.25, 0.3) is 0 Å². The fourth-order valence-corrected chi connectivity index (χ4v) is 0.920. The van der Waals surface area contributed by atoms with E-state index in [1.54, 1.807) is 0 Å². The standard InChI is InChI=1S/C7H10O6/c8-3-12-2-4-1-5(9)6(10)7(11)13-4/h1,3,5-7,9-11H,2H2/t5-,6?,7?/m1/s1. The largest absolute Gasteiger partial charge is 0.463 e. The van der Waals surface area contributed by atoms with Gasteiger partial charge in [-0.2, -0.15) is 0 Å². The van der Waals surface area contributed by atoms with Crippen LogP contribution in [-0.4, -0.2) is 46.9 Å². The molecule has 0 spiro atoms. The van der Waals surface area contributed by atoms with Crippen LogP contribution >= 0.6 is 0 Å². The van der Waals surface area contributed by atoms with Crippen molar-refractivity contribution in [2.45, 2.75) is 18.5 Å². The zero-order valence-electron chi connectivity index (χ0n) is 6.66. The zero-order chi connectivity index (χ0) is 9.84. The molecule has 1 aliphatic heterocycles. The summed E-state index contributed by atoms with van der Waals surface area (Å²) < 4.78 is 9.02. The molecule has 0 saturated carbocycles. The summed E-state index contributed by atoms with van der Waals surface area (Å²) in [6, 6.07) is 0. The summed E-state index contributed by atoms with van der Waals surface area (Å²) in [7, 11) is 0. The Morgan fingerprint density at radius 3 is 2.77 bits per heavy atom. The Bertz CT molecular complexity index is 213. The molecular weight excluding hydrogens is 180 g/mol. The van der Waals surface area contributed by atoms with E-state index in [1.165, 1.54) is 6.08 Å². The van der Waals surface area contributed by atoms with Gasteiger partial charge in [-0.3, -0.25) is 4.79 Å². The normalized spacial score (nSPS) is 33.2. The van der Waals surface area contributed by atoms with Gasteiger partial charge >= 0.3 is 0 Å². The number of hydrogen-bond donors (Lipinski definition) is 3. The van der Waals surface area contributed by atoms with E-state index in [1.807, 2.05) is 0 Å². The molecule has 6 nitrogen and oxygen atoms in total. The van der Waals surface area contributed by atoms with E-state index >= 15 is 0 Å². The summed E-state index contributed by atoms with van der Waals surface area (Å²) in [5.41, 5.74) is 0. The molecule has 0 aliphatic carbocycles. The van der Waals surface area contributed by atoms with E-state index in [9.17, 15) is 4.79 Å². The van der Waals surface area contributed by atoms with E-state index in [0.29, 0.717) is 0 Å². The van der Waals surface area contributed by atoms with Crippen molar-refractivity contribution in [2.75, 3.05) is 6.61 Å². The molecule has 0 amide bonds. The first-order valence-electron chi connectivity index (χ1n) is 3.62. The molecule has 0 bridgehead atoms. The number of carbonyl (C=O) groups is 1. The van der Waals surface area contributed by atoms with Crippen molar-refractivity contribution in [3.63, 3.8) is 0 Å². The molecular formula is C7H10O6. The molecule has 0 aromatic carbocycles. The zero-order valence-corrected chi connectivity index (χ0v) is 6.66. The number of rotatable bonds is 3. The lowest BCUT2D eigenvalue weighted by atomic mass is 10.1. The highest BCUT2D eigenvalue weighted by Gasteiger charge is 2.30. The summed E-state index contributed by atoms with van der Waals surface area (Å²) in [5.74, 6) is 0.109. The summed E-state index contributed by atoms with van der Waals surface area (Å²) in [6.07, 6.45) is -2.92. The maximum Gasteiger partial charge on any atom is 0.293 e. The Balaban J connectivity index is 2.56. The Morgan fingerprint density at radius 1 is 1.54 bits per heavy atom. The van der Waals surface area contributed by atoms with Crippen LogP contribution in [-0.2, 0) is 14.3 Å². The van der Waals surface area contributed by atoms with Gasteiger partial charge in [-0.25, -0.2) is 0 Å². The van der Waals surface area contributed by atoms with Crippen molar-refractivity contribution in [1.29, 1.82) is 0 Å². The van der Waals surface area contributed by atoms with Crippen LogP contribution in [0.5, 0.6) is 0 Å². The Labute approximate surface area is 74.0 Å². The van der Waals surface area contributed by atoms with Crippen molar-refractivity contribution >= 4 is 6.47 Å². The number of carbonyl (C=O) groups excluding carboxylic acids is 1. The fraction of sp³-hybridized carbons (Fsp3) is 0.571. The molecule has 0 aromatic rings. The van der Waals surface area contributed by atoms with Gasteiger partial charge in [-0.05, 0) is 6.08 Å². The molecule has 6 heteroatoms. The van der Waals surface area contributed by atoms with Gasteiger partial charge < -0.3 is 24.8 Å². The second kappa shape index (κ2) is 4.22. The van der Waals surface area contributed by atoms with Crippen LogP contribution in [0.2, 0.25) is 0 Å². The lowest BCUT2D eigenvalue weighted by molar-refractivity contribution is -0.179. The lowest BCUT2D eigenvalue weighted by Gasteiger charge is -2.27. The molecule has 0 radical (unpaired) electrons. The fourth-order valence-electron chi connectivity index (χ4n) is 0.920. The van der Waals surface area contributed by atoms with Gasteiger partial charge in [0.25, 0.3) is 6.47 Å². The average molecular weight is 190 g/mol. The first-order valence-corrected chi connectivity index (χ1v) is 3.62. The molecule has 0 saturated heterocycles. The molecule has 1 aliphatic rings. The Morgan fingerprint density at radius 2 is 2.23 bits per heavy atom. The highest BCUT2D eigenvalue weighted by Crippen LogP contribution is 2.16. The average Bonchev–Trinajstić information content (AvgIpc) is 2.10. The van der Waals surface area contributed by atoms with E-state index in [0.717, 1.165) is 0 Å². The van der Waals surface area contributed by atoms with Gasteiger partial charge in [0.15, 0.2) is 0 Å². The maximum absolute atomic E-state index is 9.80. The second-order valence-corrected chi connectivity index (χ2v) is 2.53. The van der Waals surface area contributed by atoms with E-state index in [4.69, 9.17) is 20.1 Å². The highest BCUT2D eigenvalue weighted by atomic mass is 16.6. The molecule has 0 aromatic heterocycles. The maximum atomic E-state index is 9.80. The number of hydrogen-bond acceptors (Lipinski definition) is 6. The minimum Gasteiger partial charge on any atom is -0.463 e. The number of aliphatic hydroxyl groups is 3. The van der Waals surface area contributed by atoms with Crippen LogP contribution in [0.3, 0.4) is 0 Å². The van der Waals surface area contributed by atoms with Crippen molar-refractivity contribution < 1.29 is 29.6 Å². The minimum atomic E-state index is -1.50. The minimum absolute atomic E-state index is 0.109. The predicted molar refractivity (Wildman–Crippen MR) is 39.2 cm³/mol. The molecule has 1 rings (SSSR count). The van der Waals surface area contributed by atoms with Gasteiger partial charge in [-0.1, -0.05) is 0 Å². The quantitative estimate of drug-likeness (QED) is 0.450. The van der Waals surface area contributed by atoms with Crippen LogP contribution < -0.4 is 0 Å². The molecule has 3 atom stereocenters. The van der Waals surface area contributed by atoms with Crippen molar-refractivity contribution in [2.24, 2.45) is 0 Å². The summed E-state index contributed by atoms with van der Waals surface area (Å²) in [6.45, 7) is 0.0400. The summed E-state index contributed by atoms with van der Waals surface area (Å²) in [5, 5.41) is 27.1. The van der Waals surface area contributed by atoms with Crippen molar-refractivity contribution in [3.8, 4) is 0 Å². The van der Waals surface area contributed by atoms with E-state index < -0.39 is 18.5 Å². The molecule has 74 valence electrons. The first kappa shape index (κ1) is 9.97. The third kappa shape index (κ3) is 2.41. The molecule has 1 heterocycles. The number of aliphatic hydroxyl groups excluding tert-OH is 3. The summed E-state index contributed by atoms with van der Waals surface area (Å²) >= 11 is 0. The Hall–Kier alpha value is -1.11. The summed E-state index contributed by atoms with van der Waals surface area (Å²) in [4.78, 5) is 9.80. The van der Waals surface area contributed by atoms with E-state index in [2.05, 4.69) is 4.74 Å². The van der Waals surface area contributed by atoms with Gasteiger partial charge in [0, 0.05) is 0 Å².